The molecule has 1 aromatic carbocycles. The molecule has 1 aromatic rings. The van der Waals surface area contributed by atoms with Crippen LogP contribution in [0.5, 0.6) is 5.75 Å². The molecule has 0 heterocycles. The molecule has 0 fully saturated rings. The summed E-state index contributed by atoms with van der Waals surface area (Å²) in [5, 5.41) is 0.543. The Morgan fingerprint density at radius 2 is 1.94 bits per heavy atom. The number of ether oxygens (including phenoxy) is 1. The van der Waals surface area contributed by atoms with E-state index < -0.39 is 0 Å². The van der Waals surface area contributed by atoms with Gasteiger partial charge in [-0.1, -0.05) is 24.4 Å². The van der Waals surface area contributed by atoms with Crippen molar-refractivity contribution in [2.24, 2.45) is 0 Å². The smallest absolute Gasteiger partial charge is 0.153 e. The zero-order valence-electron chi connectivity index (χ0n) is 9.62. The molecule has 4 heteroatoms. The van der Waals surface area contributed by atoms with Crippen molar-refractivity contribution in [3.05, 3.63) is 28.8 Å². The van der Waals surface area contributed by atoms with Crippen molar-refractivity contribution in [2.45, 2.75) is 25.7 Å². The van der Waals surface area contributed by atoms with Crippen LogP contribution in [0.2, 0.25) is 5.02 Å². The summed E-state index contributed by atoms with van der Waals surface area (Å²) in [7, 11) is 0. The molecule has 0 aromatic heterocycles. The molecular formula is C13H16Cl2O2. The summed E-state index contributed by atoms with van der Waals surface area (Å²) < 4.78 is 5.54. The third-order valence-electron chi connectivity index (χ3n) is 2.38. The molecule has 2 nitrogen and oxygen atoms in total. The Balaban J connectivity index is 2.33. The first-order valence-electron chi connectivity index (χ1n) is 5.71. The lowest BCUT2D eigenvalue weighted by Crippen LogP contribution is -2.00. The number of carbonyl (C=O) groups excluding carboxylic acids is 1. The average molecular weight is 275 g/mol. The van der Waals surface area contributed by atoms with Gasteiger partial charge in [-0.3, -0.25) is 4.79 Å². The second-order valence-electron chi connectivity index (χ2n) is 3.75. The normalized spacial score (nSPS) is 10.2. The van der Waals surface area contributed by atoms with E-state index in [1.54, 1.807) is 18.2 Å². The number of aldehydes is 1. The molecule has 0 saturated carbocycles. The van der Waals surface area contributed by atoms with E-state index in [4.69, 9.17) is 27.9 Å². The number of hydrogen-bond donors (Lipinski definition) is 0. The Hall–Kier alpha value is -0.730. The Bertz CT molecular complexity index is 353. The number of unbranched alkanes of at least 4 members (excludes halogenated alkanes) is 3. The van der Waals surface area contributed by atoms with Gasteiger partial charge in [0.1, 0.15) is 5.75 Å². The number of benzene rings is 1. The maximum atomic E-state index is 10.8. The van der Waals surface area contributed by atoms with Gasteiger partial charge in [0, 0.05) is 10.9 Å². The van der Waals surface area contributed by atoms with Crippen LogP contribution in [0.25, 0.3) is 0 Å². The van der Waals surface area contributed by atoms with Crippen molar-refractivity contribution in [2.75, 3.05) is 12.5 Å². The van der Waals surface area contributed by atoms with Gasteiger partial charge in [0.25, 0.3) is 0 Å². The highest BCUT2D eigenvalue weighted by molar-refractivity contribution is 6.30. The van der Waals surface area contributed by atoms with E-state index in [-0.39, 0.29) is 0 Å². The second kappa shape index (κ2) is 8.37. The van der Waals surface area contributed by atoms with E-state index in [0.29, 0.717) is 28.8 Å². The number of rotatable bonds is 8. The minimum absolute atomic E-state index is 0.498. The molecule has 0 unspecified atom stereocenters. The predicted octanol–water partition coefficient (Wildman–Crippen LogP) is 4.33. The SMILES string of the molecule is O=Cc1cc(Cl)ccc1OCCCCCCCl. The lowest BCUT2D eigenvalue weighted by atomic mass is 10.2. The van der Waals surface area contributed by atoms with Gasteiger partial charge in [-0.05, 0) is 31.0 Å². The number of halogens is 2. The monoisotopic (exact) mass is 274 g/mol. The fraction of sp³-hybridized carbons (Fsp3) is 0.462. The molecule has 0 aliphatic carbocycles. The Morgan fingerprint density at radius 1 is 1.18 bits per heavy atom. The van der Waals surface area contributed by atoms with Crippen molar-refractivity contribution in [1.82, 2.24) is 0 Å². The standard InChI is InChI=1S/C13H16Cl2O2/c14-7-3-1-2-4-8-17-13-6-5-12(15)9-11(13)10-16/h5-6,9-10H,1-4,7-8H2. The summed E-state index contributed by atoms with van der Waals surface area (Å²) in [5.74, 6) is 1.31. The van der Waals surface area contributed by atoms with Crippen LogP contribution in [0.3, 0.4) is 0 Å². The molecule has 0 saturated heterocycles. The molecule has 0 aliphatic rings. The summed E-state index contributed by atoms with van der Waals surface area (Å²) in [6.07, 6.45) is 4.99. The highest BCUT2D eigenvalue weighted by Crippen LogP contribution is 2.21. The molecule has 0 amide bonds. The third kappa shape index (κ3) is 5.42. The lowest BCUT2D eigenvalue weighted by molar-refractivity contribution is 0.111. The van der Waals surface area contributed by atoms with Gasteiger partial charge < -0.3 is 4.74 Å². The molecule has 0 radical (unpaired) electrons. The van der Waals surface area contributed by atoms with E-state index in [1.165, 1.54) is 0 Å². The topological polar surface area (TPSA) is 26.3 Å². The summed E-state index contributed by atoms with van der Waals surface area (Å²) in [5.41, 5.74) is 0.498. The molecule has 94 valence electrons. The van der Waals surface area contributed by atoms with Crippen LogP contribution < -0.4 is 4.74 Å². The fourth-order valence-corrected chi connectivity index (χ4v) is 1.84. The number of carbonyl (C=O) groups is 1. The van der Waals surface area contributed by atoms with E-state index in [0.717, 1.165) is 32.0 Å². The Labute approximate surface area is 112 Å². The van der Waals surface area contributed by atoms with Crippen LogP contribution in [0, 0.1) is 0 Å². The van der Waals surface area contributed by atoms with E-state index in [9.17, 15) is 4.79 Å². The van der Waals surface area contributed by atoms with Crippen LogP contribution in [0.4, 0.5) is 0 Å². The van der Waals surface area contributed by atoms with E-state index in [2.05, 4.69) is 0 Å². The van der Waals surface area contributed by atoms with Gasteiger partial charge in [-0.15, -0.1) is 11.6 Å². The van der Waals surface area contributed by atoms with Crippen molar-refractivity contribution < 1.29 is 9.53 Å². The number of alkyl halides is 1. The Morgan fingerprint density at radius 3 is 2.65 bits per heavy atom. The predicted molar refractivity (Wildman–Crippen MR) is 71.5 cm³/mol. The van der Waals surface area contributed by atoms with Crippen molar-refractivity contribution in [1.29, 1.82) is 0 Å². The maximum absolute atomic E-state index is 10.8. The second-order valence-corrected chi connectivity index (χ2v) is 4.57. The van der Waals surface area contributed by atoms with Gasteiger partial charge in [-0.25, -0.2) is 0 Å². The summed E-state index contributed by atoms with van der Waals surface area (Å²) in [6, 6.07) is 5.06. The lowest BCUT2D eigenvalue weighted by Gasteiger charge is -2.08. The van der Waals surface area contributed by atoms with Gasteiger partial charge >= 0.3 is 0 Å². The first-order chi connectivity index (χ1) is 8.27. The molecule has 0 aliphatic heterocycles. The molecule has 0 bridgehead atoms. The molecule has 0 N–H and O–H groups in total. The number of hydrogen-bond acceptors (Lipinski definition) is 2. The van der Waals surface area contributed by atoms with Crippen LogP contribution in [-0.4, -0.2) is 18.8 Å². The van der Waals surface area contributed by atoms with Gasteiger partial charge in [-0.2, -0.15) is 0 Å². The summed E-state index contributed by atoms with van der Waals surface area (Å²) in [4.78, 5) is 10.8. The molecular weight excluding hydrogens is 259 g/mol. The van der Waals surface area contributed by atoms with E-state index in [1.807, 2.05) is 0 Å². The van der Waals surface area contributed by atoms with Crippen molar-refractivity contribution >= 4 is 29.5 Å². The first kappa shape index (κ1) is 14.3. The van der Waals surface area contributed by atoms with Crippen LogP contribution in [-0.2, 0) is 0 Å². The highest BCUT2D eigenvalue weighted by atomic mass is 35.5. The largest absolute Gasteiger partial charge is 0.493 e. The summed E-state index contributed by atoms with van der Waals surface area (Å²) >= 11 is 11.4. The zero-order chi connectivity index (χ0) is 12.5. The van der Waals surface area contributed by atoms with Gasteiger partial charge in [0.15, 0.2) is 6.29 Å². The van der Waals surface area contributed by atoms with Crippen molar-refractivity contribution in [3.63, 3.8) is 0 Å². The van der Waals surface area contributed by atoms with Gasteiger partial charge in [0.2, 0.25) is 0 Å². The highest BCUT2D eigenvalue weighted by Gasteiger charge is 2.03. The molecule has 1 rings (SSSR count). The Kier molecular flexibility index (Phi) is 7.06. The average Bonchev–Trinajstić information content (AvgIpc) is 2.35. The zero-order valence-corrected chi connectivity index (χ0v) is 11.1. The maximum Gasteiger partial charge on any atom is 0.153 e. The minimum atomic E-state index is 0.498. The van der Waals surface area contributed by atoms with Gasteiger partial charge in [0.05, 0.1) is 12.2 Å². The molecule has 17 heavy (non-hydrogen) atoms. The van der Waals surface area contributed by atoms with E-state index >= 15 is 0 Å². The molecule has 0 spiro atoms. The summed E-state index contributed by atoms with van der Waals surface area (Å²) in [6.45, 7) is 0.616. The molecule has 0 atom stereocenters. The quantitative estimate of drug-likeness (QED) is 0.401. The van der Waals surface area contributed by atoms with Crippen LogP contribution >= 0.6 is 23.2 Å². The van der Waals surface area contributed by atoms with Crippen LogP contribution in [0.15, 0.2) is 18.2 Å². The third-order valence-corrected chi connectivity index (χ3v) is 2.89. The van der Waals surface area contributed by atoms with Crippen molar-refractivity contribution in [3.8, 4) is 5.75 Å². The first-order valence-corrected chi connectivity index (χ1v) is 6.62. The minimum Gasteiger partial charge on any atom is -0.493 e. The fourth-order valence-electron chi connectivity index (χ4n) is 1.48. The van der Waals surface area contributed by atoms with Crippen LogP contribution in [0.1, 0.15) is 36.0 Å².